The van der Waals surface area contributed by atoms with Crippen LogP contribution in [0.15, 0.2) is 60.7 Å². The Kier molecular flexibility index (Phi) is 4.72. The first-order valence-corrected chi connectivity index (χ1v) is 6.62. The van der Waals surface area contributed by atoms with E-state index in [-0.39, 0.29) is 5.97 Å². The first-order valence-electron chi connectivity index (χ1n) is 6.62. The highest BCUT2D eigenvalue weighted by atomic mass is 16.5. The van der Waals surface area contributed by atoms with E-state index in [0.29, 0.717) is 11.5 Å². The normalized spacial score (nSPS) is 12.3. The molecule has 0 saturated heterocycles. The fraction of sp³-hybridized carbons (Fsp3) is 0.167. The predicted molar refractivity (Wildman–Crippen MR) is 81.7 cm³/mol. The molecule has 2 nitrogen and oxygen atoms in total. The van der Waals surface area contributed by atoms with Crippen molar-refractivity contribution in [1.82, 2.24) is 0 Å². The van der Waals surface area contributed by atoms with Crippen LogP contribution in [0.25, 0.3) is 6.08 Å². The molecule has 0 fully saturated rings. The maximum atomic E-state index is 11.4. The molecule has 0 amide bonds. The van der Waals surface area contributed by atoms with Crippen molar-refractivity contribution in [2.45, 2.75) is 12.8 Å². The maximum absolute atomic E-state index is 11.4. The molecule has 0 aliphatic carbocycles. The molecule has 2 aromatic rings. The molecular weight excluding hydrogens is 248 g/mol. The minimum Gasteiger partial charge on any atom is -0.465 e. The first kappa shape index (κ1) is 14.1. The van der Waals surface area contributed by atoms with Crippen LogP contribution in [0.3, 0.4) is 0 Å². The monoisotopic (exact) mass is 266 g/mol. The highest BCUT2D eigenvalue weighted by Gasteiger charge is 2.06. The largest absolute Gasteiger partial charge is 0.465 e. The topological polar surface area (TPSA) is 26.3 Å². The van der Waals surface area contributed by atoms with Crippen molar-refractivity contribution in [3.8, 4) is 0 Å². The van der Waals surface area contributed by atoms with Gasteiger partial charge in [0.25, 0.3) is 0 Å². The molecule has 0 spiro atoms. The lowest BCUT2D eigenvalue weighted by Crippen LogP contribution is -2.01. The minimum atomic E-state index is -0.302. The molecule has 102 valence electrons. The molecule has 0 radical (unpaired) electrons. The number of benzene rings is 2. The number of carbonyl (C=O) groups excluding carboxylic acids is 1. The number of rotatable bonds is 4. The van der Waals surface area contributed by atoms with Crippen LogP contribution in [0.1, 0.15) is 34.3 Å². The zero-order chi connectivity index (χ0) is 14.4. The van der Waals surface area contributed by atoms with Crippen LogP contribution >= 0.6 is 0 Å². The molecule has 0 heterocycles. The van der Waals surface area contributed by atoms with Gasteiger partial charge >= 0.3 is 5.97 Å². The number of methoxy groups -OCH3 is 1. The third-order valence-electron chi connectivity index (χ3n) is 3.23. The van der Waals surface area contributed by atoms with E-state index in [9.17, 15) is 4.79 Å². The van der Waals surface area contributed by atoms with Crippen LogP contribution in [0.5, 0.6) is 0 Å². The average molecular weight is 266 g/mol. The van der Waals surface area contributed by atoms with E-state index in [1.54, 1.807) is 12.1 Å². The molecule has 20 heavy (non-hydrogen) atoms. The Morgan fingerprint density at radius 3 is 2.30 bits per heavy atom. The van der Waals surface area contributed by atoms with E-state index < -0.39 is 0 Å². The van der Waals surface area contributed by atoms with Crippen molar-refractivity contribution in [2.75, 3.05) is 7.11 Å². The summed E-state index contributed by atoms with van der Waals surface area (Å²) in [5, 5.41) is 0. The number of ether oxygens (including phenoxy) is 1. The summed E-state index contributed by atoms with van der Waals surface area (Å²) in [7, 11) is 1.39. The van der Waals surface area contributed by atoms with Gasteiger partial charge in [-0.05, 0) is 29.2 Å². The van der Waals surface area contributed by atoms with Crippen molar-refractivity contribution in [3.05, 3.63) is 77.4 Å². The van der Waals surface area contributed by atoms with Crippen molar-refractivity contribution in [1.29, 1.82) is 0 Å². The molecule has 0 aliphatic heterocycles. The molecular formula is C18H18O2. The number of carbonyl (C=O) groups is 1. The van der Waals surface area contributed by atoms with Crippen LogP contribution in [0.2, 0.25) is 0 Å². The molecule has 2 heteroatoms. The standard InChI is InChI=1S/C18H18O2/c1-14(8-9-15-6-4-3-5-7-15)16-10-12-17(13-11-16)18(19)20-2/h3-14H,1-2H3/b9-8+. The van der Waals surface area contributed by atoms with Crippen molar-refractivity contribution in [2.24, 2.45) is 0 Å². The third-order valence-corrected chi connectivity index (χ3v) is 3.23. The van der Waals surface area contributed by atoms with Gasteiger partial charge in [-0.2, -0.15) is 0 Å². The zero-order valence-electron chi connectivity index (χ0n) is 11.7. The molecule has 1 atom stereocenters. The van der Waals surface area contributed by atoms with Gasteiger partial charge in [0.1, 0.15) is 0 Å². The van der Waals surface area contributed by atoms with Gasteiger partial charge in [-0.1, -0.05) is 61.5 Å². The average Bonchev–Trinajstić information content (AvgIpc) is 2.53. The SMILES string of the molecule is COC(=O)c1ccc(C(C)/C=C/c2ccccc2)cc1. The fourth-order valence-corrected chi connectivity index (χ4v) is 1.97. The molecule has 0 aliphatic rings. The summed E-state index contributed by atoms with van der Waals surface area (Å²) in [6.07, 6.45) is 4.27. The van der Waals surface area contributed by atoms with E-state index in [4.69, 9.17) is 0 Å². The summed E-state index contributed by atoms with van der Waals surface area (Å²) >= 11 is 0. The smallest absolute Gasteiger partial charge is 0.337 e. The highest BCUT2D eigenvalue weighted by Crippen LogP contribution is 2.19. The highest BCUT2D eigenvalue weighted by molar-refractivity contribution is 5.89. The van der Waals surface area contributed by atoms with Gasteiger partial charge in [0.2, 0.25) is 0 Å². The number of hydrogen-bond acceptors (Lipinski definition) is 2. The van der Waals surface area contributed by atoms with Gasteiger partial charge in [-0.15, -0.1) is 0 Å². The van der Waals surface area contributed by atoms with Crippen LogP contribution < -0.4 is 0 Å². The number of allylic oxidation sites excluding steroid dienone is 1. The Labute approximate surface area is 119 Å². The quantitative estimate of drug-likeness (QED) is 0.772. The second-order valence-corrected chi connectivity index (χ2v) is 4.67. The Morgan fingerprint density at radius 1 is 1.05 bits per heavy atom. The molecule has 0 aromatic heterocycles. The second kappa shape index (κ2) is 6.71. The summed E-state index contributed by atoms with van der Waals surface area (Å²) < 4.78 is 4.69. The van der Waals surface area contributed by atoms with Gasteiger partial charge < -0.3 is 4.74 Å². The summed E-state index contributed by atoms with van der Waals surface area (Å²) in [4.78, 5) is 11.4. The summed E-state index contributed by atoms with van der Waals surface area (Å²) in [5.41, 5.74) is 2.94. The van der Waals surface area contributed by atoms with Gasteiger partial charge in [-0.3, -0.25) is 0 Å². The number of esters is 1. The number of hydrogen-bond donors (Lipinski definition) is 0. The molecule has 0 saturated carbocycles. The lowest BCUT2D eigenvalue weighted by molar-refractivity contribution is 0.0600. The predicted octanol–water partition coefficient (Wildman–Crippen LogP) is 4.29. The lowest BCUT2D eigenvalue weighted by Gasteiger charge is -2.07. The molecule has 2 rings (SSSR count). The van der Waals surface area contributed by atoms with E-state index in [1.807, 2.05) is 30.3 Å². The van der Waals surface area contributed by atoms with Crippen LogP contribution in [-0.4, -0.2) is 13.1 Å². The van der Waals surface area contributed by atoms with Gasteiger partial charge in [0.15, 0.2) is 0 Å². The van der Waals surface area contributed by atoms with Crippen LogP contribution in [0.4, 0.5) is 0 Å². The molecule has 0 bridgehead atoms. The van der Waals surface area contributed by atoms with Crippen molar-refractivity contribution >= 4 is 12.0 Å². The molecule has 0 N–H and O–H groups in total. The molecule has 1 unspecified atom stereocenters. The lowest BCUT2D eigenvalue weighted by atomic mass is 9.98. The Bertz CT molecular complexity index is 583. The second-order valence-electron chi connectivity index (χ2n) is 4.67. The zero-order valence-corrected chi connectivity index (χ0v) is 11.7. The maximum Gasteiger partial charge on any atom is 0.337 e. The van der Waals surface area contributed by atoms with Gasteiger partial charge in [-0.25, -0.2) is 4.79 Å². The van der Waals surface area contributed by atoms with Crippen LogP contribution in [-0.2, 0) is 4.74 Å². The summed E-state index contributed by atoms with van der Waals surface area (Å²) in [5.74, 6) is -0.00839. The van der Waals surface area contributed by atoms with Gasteiger partial charge in [0.05, 0.1) is 12.7 Å². The van der Waals surface area contributed by atoms with Gasteiger partial charge in [0, 0.05) is 0 Å². The summed E-state index contributed by atoms with van der Waals surface area (Å²) in [6.45, 7) is 2.13. The van der Waals surface area contributed by atoms with E-state index >= 15 is 0 Å². The fourth-order valence-electron chi connectivity index (χ4n) is 1.97. The van der Waals surface area contributed by atoms with E-state index in [1.165, 1.54) is 18.2 Å². The van der Waals surface area contributed by atoms with Crippen molar-refractivity contribution < 1.29 is 9.53 Å². The minimum absolute atomic E-state index is 0.293. The van der Waals surface area contributed by atoms with E-state index in [2.05, 4.69) is 35.9 Å². The Morgan fingerprint density at radius 2 is 1.70 bits per heavy atom. The molecule has 2 aromatic carbocycles. The Hall–Kier alpha value is -2.35. The third kappa shape index (κ3) is 3.58. The Balaban J connectivity index is 2.08. The van der Waals surface area contributed by atoms with Crippen molar-refractivity contribution in [3.63, 3.8) is 0 Å². The van der Waals surface area contributed by atoms with E-state index in [0.717, 1.165) is 0 Å². The van der Waals surface area contributed by atoms with Crippen LogP contribution in [0, 0.1) is 0 Å². The first-order chi connectivity index (χ1) is 9.70. The summed E-state index contributed by atoms with van der Waals surface area (Å²) in [6, 6.07) is 17.7.